The average molecular weight is 286 g/mol. The number of fused-ring (bicyclic) bond motifs is 5. The second-order valence-corrected chi connectivity index (χ2v) is 8.18. The van der Waals surface area contributed by atoms with Crippen LogP contribution in [0.4, 0.5) is 0 Å². The summed E-state index contributed by atoms with van der Waals surface area (Å²) < 4.78 is 0. The second kappa shape index (κ2) is 4.32. The molecule has 0 aromatic heterocycles. The van der Waals surface area contributed by atoms with E-state index in [1.54, 1.807) is 5.57 Å². The van der Waals surface area contributed by atoms with Gasteiger partial charge in [-0.1, -0.05) is 31.1 Å². The SMILES string of the molecule is C[C@]12CCC(=O)C=C1CC[C@@H]1C2=CC[C@]2(C)[C@H](O)CC[C@@H]12. The third-order valence-electron chi connectivity index (χ3n) is 7.28. The molecule has 2 nitrogen and oxygen atoms in total. The van der Waals surface area contributed by atoms with E-state index in [0.717, 1.165) is 25.7 Å². The minimum Gasteiger partial charge on any atom is -0.393 e. The summed E-state index contributed by atoms with van der Waals surface area (Å²) in [5.74, 6) is 1.60. The van der Waals surface area contributed by atoms with Crippen molar-refractivity contribution in [3.05, 3.63) is 23.3 Å². The number of ketones is 1. The first kappa shape index (κ1) is 13.8. The number of hydrogen-bond acceptors (Lipinski definition) is 2. The Labute approximate surface area is 127 Å². The Kier molecular flexibility index (Phi) is 2.83. The predicted octanol–water partition coefficient (Wildman–Crippen LogP) is 3.80. The number of hydrogen-bond donors (Lipinski definition) is 1. The van der Waals surface area contributed by atoms with E-state index in [1.165, 1.54) is 18.4 Å². The lowest BCUT2D eigenvalue weighted by Gasteiger charge is -2.53. The zero-order valence-corrected chi connectivity index (χ0v) is 13.2. The van der Waals surface area contributed by atoms with Crippen molar-refractivity contribution in [2.24, 2.45) is 22.7 Å². The Balaban J connectivity index is 1.76. The summed E-state index contributed by atoms with van der Waals surface area (Å²) in [6.07, 6.45) is 11.4. The van der Waals surface area contributed by atoms with Crippen molar-refractivity contribution >= 4 is 5.78 Å². The maximum absolute atomic E-state index is 11.8. The molecule has 4 rings (SSSR count). The first-order valence-corrected chi connectivity index (χ1v) is 8.57. The van der Waals surface area contributed by atoms with Crippen LogP contribution in [-0.4, -0.2) is 17.0 Å². The van der Waals surface area contributed by atoms with Crippen molar-refractivity contribution < 1.29 is 9.90 Å². The van der Waals surface area contributed by atoms with Crippen LogP contribution in [-0.2, 0) is 4.79 Å². The zero-order chi connectivity index (χ0) is 14.8. The molecule has 0 bridgehead atoms. The zero-order valence-electron chi connectivity index (χ0n) is 13.2. The molecule has 5 atom stereocenters. The van der Waals surface area contributed by atoms with E-state index in [0.29, 0.717) is 24.0 Å². The van der Waals surface area contributed by atoms with Crippen LogP contribution in [0, 0.1) is 22.7 Å². The van der Waals surface area contributed by atoms with Crippen molar-refractivity contribution in [1.82, 2.24) is 0 Å². The van der Waals surface area contributed by atoms with Crippen LogP contribution in [0.3, 0.4) is 0 Å². The topological polar surface area (TPSA) is 37.3 Å². The predicted molar refractivity (Wildman–Crippen MR) is 82.7 cm³/mol. The van der Waals surface area contributed by atoms with Gasteiger partial charge >= 0.3 is 0 Å². The minimum atomic E-state index is -0.127. The van der Waals surface area contributed by atoms with E-state index in [1.807, 2.05) is 6.08 Å². The fraction of sp³-hybridized carbons (Fsp3) is 0.737. The lowest BCUT2D eigenvalue weighted by atomic mass is 9.52. The molecular formula is C19H26O2. The van der Waals surface area contributed by atoms with Crippen LogP contribution in [0.1, 0.15) is 58.8 Å². The molecule has 0 unspecified atom stereocenters. The number of carbonyl (C=O) groups excluding carboxylic acids is 1. The lowest BCUT2D eigenvalue weighted by molar-refractivity contribution is -0.115. The van der Waals surface area contributed by atoms with Crippen LogP contribution >= 0.6 is 0 Å². The summed E-state index contributed by atoms with van der Waals surface area (Å²) in [5.41, 5.74) is 3.20. The van der Waals surface area contributed by atoms with Crippen LogP contribution in [0.5, 0.6) is 0 Å². The fourth-order valence-electron chi connectivity index (χ4n) is 5.83. The van der Waals surface area contributed by atoms with E-state index >= 15 is 0 Å². The van der Waals surface area contributed by atoms with E-state index < -0.39 is 0 Å². The van der Waals surface area contributed by atoms with Gasteiger partial charge in [0.05, 0.1) is 6.10 Å². The molecule has 0 saturated heterocycles. The second-order valence-electron chi connectivity index (χ2n) is 8.18. The summed E-state index contributed by atoms with van der Waals surface area (Å²) in [4.78, 5) is 11.8. The number of aliphatic hydroxyl groups excluding tert-OH is 1. The Morgan fingerprint density at radius 2 is 2.00 bits per heavy atom. The monoisotopic (exact) mass is 286 g/mol. The molecule has 1 N–H and O–H groups in total. The molecule has 0 aromatic rings. The molecule has 21 heavy (non-hydrogen) atoms. The highest BCUT2D eigenvalue weighted by Gasteiger charge is 2.55. The highest BCUT2D eigenvalue weighted by atomic mass is 16.3. The van der Waals surface area contributed by atoms with Crippen molar-refractivity contribution in [2.45, 2.75) is 64.9 Å². The van der Waals surface area contributed by atoms with Crippen molar-refractivity contribution in [2.75, 3.05) is 0 Å². The summed E-state index contributed by atoms with van der Waals surface area (Å²) in [6, 6.07) is 0. The summed E-state index contributed by atoms with van der Waals surface area (Å²) in [7, 11) is 0. The van der Waals surface area contributed by atoms with Crippen molar-refractivity contribution in [3.63, 3.8) is 0 Å². The van der Waals surface area contributed by atoms with Gasteiger partial charge in [-0.05, 0) is 56.4 Å². The molecule has 0 radical (unpaired) electrons. The third-order valence-corrected chi connectivity index (χ3v) is 7.28. The van der Waals surface area contributed by atoms with Crippen molar-refractivity contribution in [1.29, 1.82) is 0 Å². The number of rotatable bonds is 0. The van der Waals surface area contributed by atoms with Crippen LogP contribution in [0.25, 0.3) is 0 Å². The number of aliphatic hydroxyl groups is 1. The molecule has 0 aliphatic heterocycles. The Hall–Kier alpha value is -0.890. The van der Waals surface area contributed by atoms with Gasteiger partial charge in [-0.25, -0.2) is 0 Å². The highest BCUT2D eigenvalue weighted by Crippen LogP contribution is 2.62. The van der Waals surface area contributed by atoms with E-state index in [9.17, 15) is 9.90 Å². The van der Waals surface area contributed by atoms with E-state index in [4.69, 9.17) is 0 Å². The van der Waals surface area contributed by atoms with Gasteiger partial charge in [0.15, 0.2) is 5.78 Å². The smallest absolute Gasteiger partial charge is 0.155 e. The van der Waals surface area contributed by atoms with Gasteiger partial charge in [-0.2, -0.15) is 0 Å². The van der Waals surface area contributed by atoms with Gasteiger partial charge in [0.1, 0.15) is 0 Å². The van der Waals surface area contributed by atoms with Crippen LogP contribution in [0.2, 0.25) is 0 Å². The first-order chi connectivity index (χ1) is 9.95. The minimum absolute atomic E-state index is 0.0935. The number of allylic oxidation sites excluding steroid dienone is 4. The molecule has 2 heteroatoms. The van der Waals surface area contributed by atoms with Gasteiger partial charge in [-0.3, -0.25) is 4.79 Å². The van der Waals surface area contributed by atoms with Gasteiger partial charge < -0.3 is 5.11 Å². The summed E-state index contributed by atoms with van der Waals surface area (Å²) in [6.45, 7) is 4.65. The molecular weight excluding hydrogens is 260 g/mol. The Morgan fingerprint density at radius 1 is 1.19 bits per heavy atom. The highest BCUT2D eigenvalue weighted by molar-refractivity contribution is 5.92. The maximum Gasteiger partial charge on any atom is 0.155 e. The van der Waals surface area contributed by atoms with Gasteiger partial charge in [0.2, 0.25) is 0 Å². The quantitative estimate of drug-likeness (QED) is 0.688. The summed E-state index contributed by atoms with van der Waals surface area (Å²) in [5, 5.41) is 10.4. The fourth-order valence-corrected chi connectivity index (χ4v) is 5.83. The molecule has 0 amide bonds. The van der Waals surface area contributed by atoms with Gasteiger partial charge in [0, 0.05) is 17.3 Å². The van der Waals surface area contributed by atoms with E-state index in [-0.39, 0.29) is 16.9 Å². The van der Waals surface area contributed by atoms with Gasteiger partial charge in [-0.15, -0.1) is 0 Å². The molecule has 4 aliphatic carbocycles. The largest absolute Gasteiger partial charge is 0.393 e. The number of carbonyl (C=O) groups is 1. The molecule has 2 saturated carbocycles. The molecule has 0 aromatic carbocycles. The van der Waals surface area contributed by atoms with Gasteiger partial charge in [0.25, 0.3) is 0 Å². The molecule has 0 heterocycles. The average Bonchev–Trinajstić information content (AvgIpc) is 2.76. The normalized spacial score (nSPS) is 48.9. The molecule has 0 spiro atoms. The third kappa shape index (κ3) is 1.72. The molecule has 2 fully saturated rings. The first-order valence-electron chi connectivity index (χ1n) is 8.57. The Morgan fingerprint density at radius 3 is 2.81 bits per heavy atom. The van der Waals surface area contributed by atoms with Crippen molar-refractivity contribution in [3.8, 4) is 0 Å². The molecule has 114 valence electrons. The van der Waals surface area contributed by atoms with E-state index in [2.05, 4.69) is 19.9 Å². The van der Waals surface area contributed by atoms with Crippen LogP contribution in [0.15, 0.2) is 23.3 Å². The maximum atomic E-state index is 11.8. The summed E-state index contributed by atoms with van der Waals surface area (Å²) >= 11 is 0. The lowest BCUT2D eigenvalue weighted by Crippen LogP contribution is -2.45. The van der Waals surface area contributed by atoms with Crippen LogP contribution < -0.4 is 0 Å². The molecule has 4 aliphatic rings. The standard InChI is InChI=1S/C19H26O2/c1-18-9-7-13(20)11-12(18)3-4-14-15-5-6-17(21)19(15,2)10-8-16(14)18/h8,11,14-15,17,21H,3-7,9-10H2,1-2H3/t14-,15-,17+,18-,19-/m0/s1. The Bertz CT molecular complexity index is 558.